The molecule has 3 rings (SSSR count). The van der Waals surface area contributed by atoms with Gasteiger partial charge in [-0.3, -0.25) is 9.52 Å². The molecule has 0 bridgehead atoms. The van der Waals surface area contributed by atoms with E-state index < -0.39 is 26.8 Å². The summed E-state index contributed by atoms with van der Waals surface area (Å²) in [6, 6.07) is 14.9. The molecule has 0 aromatic heterocycles. The van der Waals surface area contributed by atoms with Gasteiger partial charge >= 0.3 is 6.18 Å². The third-order valence-corrected chi connectivity index (χ3v) is 6.06. The molecule has 31 heavy (non-hydrogen) atoms. The summed E-state index contributed by atoms with van der Waals surface area (Å²) >= 11 is 5.55. The molecule has 0 spiro atoms. The van der Waals surface area contributed by atoms with Crippen molar-refractivity contribution in [2.24, 2.45) is 0 Å². The Balaban J connectivity index is 1.77. The van der Waals surface area contributed by atoms with Crippen LogP contribution >= 0.6 is 11.6 Å². The van der Waals surface area contributed by atoms with Crippen LogP contribution in [0.3, 0.4) is 0 Å². The minimum atomic E-state index is -4.73. The number of halogens is 4. The van der Waals surface area contributed by atoms with E-state index in [0.29, 0.717) is 17.3 Å². The number of sulfonamides is 1. The van der Waals surface area contributed by atoms with Crippen LogP contribution in [0.25, 0.3) is 0 Å². The molecule has 0 heterocycles. The Labute approximate surface area is 181 Å². The fraction of sp³-hybridized carbons (Fsp3) is 0.0952. The number of rotatable bonds is 5. The molecule has 0 radical (unpaired) electrons. The van der Waals surface area contributed by atoms with E-state index in [2.05, 4.69) is 10.0 Å². The molecular formula is C21H16ClF3N2O3S. The Morgan fingerprint density at radius 2 is 1.55 bits per heavy atom. The third-order valence-electron chi connectivity index (χ3n) is 4.34. The highest BCUT2D eigenvalue weighted by atomic mass is 35.5. The highest BCUT2D eigenvalue weighted by Crippen LogP contribution is 2.36. The molecule has 162 valence electrons. The molecule has 0 aliphatic rings. The summed E-state index contributed by atoms with van der Waals surface area (Å²) in [4.78, 5) is 12.2. The van der Waals surface area contributed by atoms with Crippen molar-refractivity contribution < 1.29 is 26.4 Å². The largest absolute Gasteiger partial charge is 0.417 e. The Morgan fingerprint density at radius 3 is 2.16 bits per heavy atom. The van der Waals surface area contributed by atoms with Gasteiger partial charge in [0.25, 0.3) is 15.9 Å². The summed E-state index contributed by atoms with van der Waals surface area (Å²) in [5, 5.41) is 2.13. The first kappa shape index (κ1) is 22.6. The first-order valence-corrected chi connectivity index (χ1v) is 10.7. The smallest absolute Gasteiger partial charge is 0.322 e. The van der Waals surface area contributed by atoms with Crippen molar-refractivity contribution in [3.8, 4) is 0 Å². The molecule has 1 amide bonds. The van der Waals surface area contributed by atoms with Crippen molar-refractivity contribution in [1.82, 2.24) is 0 Å². The molecule has 2 N–H and O–H groups in total. The summed E-state index contributed by atoms with van der Waals surface area (Å²) in [5.74, 6) is -0.354. The molecule has 3 aromatic rings. The van der Waals surface area contributed by atoms with Gasteiger partial charge in [-0.1, -0.05) is 29.8 Å². The normalized spacial score (nSPS) is 11.8. The summed E-state index contributed by atoms with van der Waals surface area (Å²) in [5.41, 5.74) is 0.184. The van der Waals surface area contributed by atoms with E-state index in [-0.39, 0.29) is 16.5 Å². The fourth-order valence-electron chi connectivity index (χ4n) is 2.76. The molecule has 0 atom stereocenters. The zero-order valence-corrected chi connectivity index (χ0v) is 17.6. The first-order valence-electron chi connectivity index (χ1n) is 8.84. The van der Waals surface area contributed by atoms with Gasteiger partial charge in [-0.25, -0.2) is 8.42 Å². The lowest BCUT2D eigenvalue weighted by molar-refractivity contribution is -0.137. The van der Waals surface area contributed by atoms with E-state index in [1.165, 1.54) is 24.3 Å². The monoisotopic (exact) mass is 468 g/mol. The third kappa shape index (κ3) is 5.36. The van der Waals surface area contributed by atoms with Gasteiger partial charge in [-0.2, -0.15) is 13.2 Å². The SMILES string of the molecule is Cc1ccccc1C(=O)Nc1ccc(S(=O)(=O)Nc2ccc(Cl)c(C(F)(F)F)c2)cc1. The molecule has 0 aliphatic carbocycles. The second kappa shape index (κ2) is 8.60. The highest BCUT2D eigenvalue weighted by molar-refractivity contribution is 7.92. The molecule has 0 unspecified atom stereocenters. The molecule has 5 nitrogen and oxygen atoms in total. The van der Waals surface area contributed by atoms with Crippen molar-refractivity contribution in [3.05, 3.63) is 88.4 Å². The van der Waals surface area contributed by atoms with E-state index in [9.17, 15) is 26.4 Å². The van der Waals surface area contributed by atoms with E-state index in [0.717, 1.165) is 17.7 Å². The maximum Gasteiger partial charge on any atom is 0.417 e. The van der Waals surface area contributed by atoms with E-state index in [1.807, 2.05) is 0 Å². The van der Waals surface area contributed by atoms with E-state index in [4.69, 9.17) is 11.6 Å². The van der Waals surface area contributed by atoms with Gasteiger partial charge in [0.2, 0.25) is 0 Å². The van der Waals surface area contributed by atoms with Crippen LogP contribution in [0.1, 0.15) is 21.5 Å². The second-order valence-corrected chi connectivity index (χ2v) is 8.68. The zero-order chi connectivity index (χ0) is 22.8. The van der Waals surface area contributed by atoms with Crippen molar-refractivity contribution in [1.29, 1.82) is 0 Å². The van der Waals surface area contributed by atoms with Crippen LogP contribution in [-0.4, -0.2) is 14.3 Å². The van der Waals surface area contributed by atoms with Gasteiger partial charge in [0.05, 0.1) is 15.5 Å². The average Bonchev–Trinajstić information content (AvgIpc) is 2.69. The molecule has 0 saturated heterocycles. The second-order valence-electron chi connectivity index (χ2n) is 6.59. The van der Waals surface area contributed by atoms with Crippen LogP contribution in [-0.2, 0) is 16.2 Å². The summed E-state index contributed by atoms with van der Waals surface area (Å²) in [6.45, 7) is 1.79. The number of aryl methyl sites for hydroxylation is 1. The maximum absolute atomic E-state index is 13.0. The van der Waals surface area contributed by atoms with Crippen LogP contribution in [0.2, 0.25) is 5.02 Å². The molecule has 0 aliphatic heterocycles. The Bertz CT molecular complexity index is 1230. The number of anilines is 2. The van der Waals surface area contributed by atoms with Gasteiger partial charge in [0.1, 0.15) is 0 Å². The average molecular weight is 469 g/mol. The lowest BCUT2D eigenvalue weighted by Crippen LogP contribution is -2.15. The quantitative estimate of drug-likeness (QED) is 0.503. The standard InChI is InChI=1S/C21H16ClF3N2O3S/c1-13-4-2-3-5-17(13)20(28)26-14-6-9-16(10-7-14)31(29,30)27-15-8-11-19(22)18(12-15)21(23,24)25/h2-12,27H,1H3,(H,26,28). The Kier molecular flexibility index (Phi) is 6.28. The van der Waals surface area contributed by atoms with E-state index in [1.54, 1.807) is 31.2 Å². The van der Waals surface area contributed by atoms with Crippen LogP contribution in [0, 0.1) is 6.92 Å². The van der Waals surface area contributed by atoms with Crippen LogP contribution in [0.4, 0.5) is 24.5 Å². The lowest BCUT2D eigenvalue weighted by Gasteiger charge is -2.13. The molecule has 10 heteroatoms. The minimum absolute atomic E-state index is 0.190. The predicted molar refractivity (Wildman–Crippen MR) is 113 cm³/mol. The molecule has 3 aromatic carbocycles. The maximum atomic E-state index is 13.0. The number of benzene rings is 3. The van der Waals surface area contributed by atoms with Crippen molar-refractivity contribution in [2.45, 2.75) is 18.0 Å². The van der Waals surface area contributed by atoms with Crippen LogP contribution in [0.5, 0.6) is 0 Å². The summed E-state index contributed by atoms with van der Waals surface area (Å²) < 4.78 is 66.1. The van der Waals surface area contributed by atoms with Crippen LogP contribution in [0.15, 0.2) is 71.6 Å². The van der Waals surface area contributed by atoms with Gasteiger partial charge in [-0.15, -0.1) is 0 Å². The van der Waals surface area contributed by atoms with Crippen molar-refractivity contribution in [2.75, 3.05) is 10.0 Å². The summed E-state index contributed by atoms with van der Waals surface area (Å²) in [6.07, 6.45) is -4.73. The number of hydrogen-bond donors (Lipinski definition) is 2. The minimum Gasteiger partial charge on any atom is -0.322 e. The number of carbonyl (C=O) groups is 1. The van der Waals surface area contributed by atoms with Crippen molar-refractivity contribution >= 4 is 38.9 Å². The lowest BCUT2D eigenvalue weighted by atomic mass is 10.1. The van der Waals surface area contributed by atoms with Crippen molar-refractivity contribution in [3.63, 3.8) is 0 Å². The van der Waals surface area contributed by atoms with Gasteiger partial charge in [-0.05, 0) is 61.0 Å². The Hall–Kier alpha value is -3.04. The number of hydrogen-bond acceptors (Lipinski definition) is 3. The van der Waals surface area contributed by atoms with Gasteiger partial charge in [0, 0.05) is 16.9 Å². The van der Waals surface area contributed by atoms with E-state index >= 15 is 0 Å². The summed E-state index contributed by atoms with van der Waals surface area (Å²) in [7, 11) is -4.17. The molecule has 0 saturated carbocycles. The van der Waals surface area contributed by atoms with Crippen LogP contribution < -0.4 is 10.0 Å². The Morgan fingerprint density at radius 1 is 0.935 bits per heavy atom. The highest BCUT2D eigenvalue weighted by Gasteiger charge is 2.33. The number of alkyl halides is 3. The number of nitrogens with one attached hydrogen (secondary N) is 2. The molecule has 0 fully saturated rings. The fourth-order valence-corrected chi connectivity index (χ4v) is 4.04. The van der Waals surface area contributed by atoms with Gasteiger partial charge in [0.15, 0.2) is 0 Å². The van der Waals surface area contributed by atoms with Gasteiger partial charge < -0.3 is 5.32 Å². The first-order chi connectivity index (χ1) is 14.5. The zero-order valence-electron chi connectivity index (χ0n) is 16.0. The molecular weight excluding hydrogens is 453 g/mol. The topological polar surface area (TPSA) is 75.3 Å². The number of carbonyl (C=O) groups excluding carboxylic acids is 1. The number of amides is 1. The predicted octanol–water partition coefficient (Wildman–Crippen LogP) is 5.72.